The van der Waals surface area contributed by atoms with E-state index in [9.17, 15) is 0 Å². The molecule has 4 heteroatoms. The van der Waals surface area contributed by atoms with E-state index in [1.807, 2.05) is 6.20 Å². The molecule has 0 N–H and O–H groups in total. The van der Waals surface area contributed by atoms with E-state index in [-0.39, 0.29) is 0 Å². The van der Waals surface area contributed by atoms with Gasteiger partial charge in [0.15, 0.2) is 5.82 Å². The molecule has 9 aromatic carbocycles. The van der Waals surface area contributed by atoms with Crippen molar-refractivity contribution in [2.75, 3.05) is 0 Å². The van der Waals surface area contributed by atoms with Gasteiger partial charge in [0.05, 0.1) is 39.3 Å². The summed E-state index contributed by atoms with van der Waals surface area (Å²) >= 11 is 0. The van der Waals surface area contributed by atoms with Gasteiger partial charge in [0.2, 0.25) is 0 Å². The van der Waals surface area contributed by atoms with E-state index in [0.29, 0.717) is 0 Å². The molecule has 3 aromatic heterocycles. The van der Waals surface area contributed by atoms with E-state index in [2.05, 4.69) is 197 Å². The highest BCUT2D eigenvalue weighted by Gasteiger charge is 2.22. The molecule has 4 nitrogen and oxygen atoms in total. The summed E-state index contributed by atoms with van der Waals surface area (Å²) in [4.78, 5) is 10.6. The van der Waals surface area contributed by atoms with Gasteiger partial charge in [-0.3, -0.25) is 9.55 Å². The maximum absolute atomic E-state index is 5.45. The van der Waals surface area contributed by atoms with Crippen LogP contribution in [0, 0.1) is 0 Å². The second-order valence-electron chi connectivity index (χ2n) is 14.6. The first-order chi connectivity index (χ1) is 27.8. The zero-order valence-electron chi connectivity index (χ0n) is 30.3. The molecule has 0 aliphatic carbocycles. The summed E-state index contributed by atoms with van der Waals surface area (Å²) < 4.78 is 4.72. The summed E-state index contributed by atoms with van der Waals surface area (Å²) in [5.74, 6) is 0.804. The molecule has 0 fully saturated rings. The lowest BCUT2D eigenvalue weighted by molar-refractivity contribution is 1.08. The Hall–Kier alpha value is -7.56. The first-order valence-corrected chi connectivity index (χ1v) is 19.1. The average Bonchev–Trinajstić information content (AvgIpc) is 3.80. The van der Waals surface area contributed by atoms with Crippen molar-refractivity contribution < 1.29 is 0 Å². The maximum Gasteiger partial charge on any atom is 0.156 e. The van der Waals surface area contributed by atoms with Crippen LogP contribution in [0.1, 0.15) is 0 Å². The molecule has 0 saturated carbocycles. The van der Waals surface area contributed by atoms with Gasteiger partial charge in [-0.1, -0.05) is 152 Å². The first kappa shape index (κ1) is 30.9. The minimum Gasteiger partial charge on any atom is -0.309 e. The Morgan fingerprint density at radius 3 is 1.46 bits per heavy atom. The van der Waals surface area contributed by atoms with Gasteiger partial charge in [0, 0.05) is 38.0 Å². The van der Waals surface area contributed by atoms with E-state index in [4.69, 9.17) is 9.97 Å². The first-order valence-electron chi connectivity index (χ1n) is 19.1. The quantitative estimate of drug-likeness (QED) is 0.170. The third-order valence-corrected chi connectivity index (χ3v) is 11.5. The summed E-state index contributed by atoms with van der Waals surface area (Å²) in [6.07, 6.45) is 1.95. The van der Waals surface area contributed by atoms with Crippen molar-refractivity contribution in [2.24, 2.45) is 0 Å². The van der Waals surface area contributed by atoms with Crippen molar-refractivity contribution >= 4 is 76.2 Å². The van der Waals surface area contributed by atoms with E-state index < -0.39 is 0 Å². The number of hydrogen-bond acceptors (Lipinski definition) is 2. The van der Waals surface area contributed by atoms with Gasteiger partial charge in [-0.25, -0.2) is 4.98 Å². The van der Waals surface area contributed by atoms with Crippen LogP contribution in [0.4, 0.5) is 0 Å². The Kier molecular flexibility index (Phi) is 6.60. The largest absolute Gasteiger partial charge is 0.309 e. The number of fused-ring (bicyclic) bond motifs is 13. The fourth-order valence-corrected chi connectivity index (χ4v) is 9.07. The highest BCUT2D eigenvalue weighted by atomic mass is 15.1. The van der Waals surface area contributed by atoms with E-state index >= 15 is 0 Å². The fraction of sp³-hybridized carbons (Fsp3) is 0. The Morgan fingerprint density at radius 2 is 0.804 bits per heavy atom. The van der Waals surface area contributed by atoms with Gasteiger partial charge >= 0.3 is 0 Å². The van der Waals surface area contributed by atoms with Crippen molar-refractivity contribution in [3.63, 3.8) is 0 Å². The van der Waals surface area contributed by atoms with Crippen LogP contribution >= 0.6 is 0 Å². The third-order valence-electron chi connectivity index (χ3n) is 11.5. The van der Waals surface area contributed by atoms with Crippen LogP contribution in [0.3, 0.4) is 0 Å². The predicted octanol–water partition coefficient (Wildman–Crippen LogP) is 13.5. The second-order valence-corrected chi connectivity index (χ2v) is 14.6. The molecule has 0 aliphatic heterocycles. The average molecular weight is 713 g/mol. The molecule has 12 aromatic rings. The van der Waals surface area contributed by atoms with Crippen molar-refractivity contribution in [3.8, 4) is 33.8 Å². The fourth-order valence-electron chi connectivity index (χ4n) is 9.07. The molecular weight excluding hydrogens is 681 g/mol. The van der Waals surface area contributed by atoms with Crippen LogP contribution < -0.4 is 0 Å². The smallest absolute Gasteiger partial charge is 0.156 e. The molecular formula is C52H32N4. The minimum absolute atomic E-state index is 0.804. The van der Waals surface area contributed by atoms with Gasteiger partial charge in [-0.05, 0) is 69.4 Å². The lowest BCUT2D eigenvalue weighted by Gasteiger charge is -2.12. The Balaban J connectivity index is 1.08. The maximum atomic E-state index is 5.45. The zero-order chi connectivity index (χ0) is 36.7. The lowest BCUT2D eigenvalue weighted by Crippen LogP contribution is -2.00. The van der Waals surface area contributed by atoms with Crippen LogP contribution in [0.25, 0.3) is 110 Å². The number of hydrogen-bond donors (Lipinski definition) is 0. The van der Waals surface area contributed by atoms with E-state index in [1.54, 1.807) is 0 Å². The number of rotatable bonds is 4. The molecule has 0 saturated heterocycles. The van der Waals surface area contributed by atoms with Gasteiger partial charge in [-0.15, -0.1) is 0 Å². The predicted molar refractivity (Wildman–Crippen MR) is 234 cm³/mol. The minimum atomic E-state index is 0.804. The molecule has 0 radical (unpaired) electrons. The number of benzene rings is 9. The second kappa shape index (κ2) is 12.0. The van der Waals surface area contributed by atoms with Crippen LogP contribution in [0.2, 0.25) is 0 Å². The molecule has 12 rings (SSSR count). The number of aromatic nitrogens is 4. The molecule has 0 bridgehead atoms. The van der Waals surface area contributed by atoms with Crippen molar-refractivity contribution in [3.05, 3.63) is 194 Å². The van der Waals surface area contributed by atoms with Crippen molar-refractivity contribution in [1.29, 1.82) is 0 Å². The Labute approximate surface area is 322 Å². The normalized spacial score (nSPS) is 11.9. The standard InChI is InChI=1S/C52H32N4/c1-2-13-33(14-3-1)34-25-27-35(28-26-34)36-15-12-16-37(31-36)55-44-23-10-8-21-42(44)49-46(55)29-30-47-50(49)43-22-9-11-24-45(43)56(47)48-32-53-51-40-19-6-4-17-38(40)39-18-5-7-20-41(39)52(51)54-48/h1-32H. The summed E-state index contributed by atoms with van der Waals surface area (Å²) in [6.45, 7) is 0. The molecule has 260 valence electrons. The molecule has 0 spiro atoms. The van der Waals surface area contributed by atoms with Gasteiger partial charge in [0.25, 0.3) is 0 Å². The molecule has 0 amide bonds. The van der Waals surface area contributed by atoms with E-state index in [1.165, 1.54) is 65.6 Å². The monoisotopic (exact) mass is 712 g/mol. The highest BCUT2D eigenvalue weighted by Crippen LogP contribution is 2.43. The zero-order valence-corrected chi connectivity index (χ0v) is 30.3. The Morgan fingerprint density at radius 1 is 0.321 bits per heavy atom. The third kappa shape index (κ3) is 4.47. The molecule has 0 unspecified atom stereocenters. The molecule has 3 heterocycles. The van der Waals surface area contributed by atoms with Crippen molar-refractivity contribution in [2.45, 2.75) is 0 Å². The van der Waals surface area contributed by atoms with E-state index in [0.717, 1.165) is 44.3 Å². The topological polar surface area (TPSA) is 35.6 Å². The van der Waals surface area contributed by atoms with Crippen LogP contribution in [0.5, 0.6) is 0 Å². The number of para-hydroxylation sites is 2. The summed E-state index contributed by atoms with van der Waals surface area (Å²) in [6, 6.07) is 67.5. The highest BCUT2D eigenvalue weighted by molar-refractivity contribution is 6.29. The molecule has 0 atom stereocenters. The van der Waals surface area contributed by atoms with Crippen molar-refractivity contribution in [1.82, 2.24) is 19.1 Å². The van der Waals surface area contributed by atoms with Gasteiger partial charge in [-0.2, -0.15) is 0 Å². The van der Waals surface area contributed by atoms with Gasteiger partial charge < -0.3 is 4.57 Å². The molecule has 0 aliphatic rings. The number of nitrogens with zero attached hydrogens (tertiary/aromatic N) is 4. The summed E-state index contributed by atoms with van der Waals surface area (Å²) in [5, 5.41) is 9.46. The van der Waals surface area contributed by atoms with Crippen LogP contribution in [-0.2, 0) is 0 Å². The Bertz CT molecular complexity index is 3480. The van der Waals surface area contributed by atoms with Crippen LogP contribution in [0.15, 0.2) is 194 Å². The SMILES string of the molecule is c1ccc(-c2ccc(-c3cccc(-n4c5ccccc5c5c6c7ccccc7n(-c7cnc8c9ccccc9c9ccccc9c8n7)c6ccc54)c3)cc2)cc1. The van der Waals surface area contributed by atoms with Crippen LogP contribution in [-0.4, -0.2) is 19.1 Å². The summed E-state index contributed by atoms with van der Waals surface area (Å²) in [5.41, 5.74) is 12.3. The lowest BCUT2D eigenvalue weighted by atomic mass is 10.00. The molecule has 56 heavy (non-hydrogen) atoms. The van der Waals surface area contributed by atoms with Gasteiger partial charge in [0.1, 0.15) is 0 Å². The summed E-state index contributed by atoms with van der Waals surface area (Å²) in [7, 11) is 0.